The van der Waals surface area contributed by atoms with Crippen molar-refractivity contribution in [3.8, 4) is 0 Å². The van der Waals surface area contributed by atoms with E-state index in [-0.39, 0.29) is 6.09 Å². The van der Waals surface area contributed by atoms with Crippen LogP contribution in [-0.4, -0.2) is 36.2 Å². The summed E-state index contributed by atoms with van der Waals surface area (Å²) in [4.78, 5) is 13.8. The Morgan fingerprint density at radius 3 is 2.65 bits per heavy atom. The molecule has 1 saturated heterocycles. The van der Waals surface area contributed by atoms with Crippen LogP contribution in [0.4, 0.5) is 4.79 Å². The zero-order valence-corrected chi connectivity index (χ0v) is 11.1. The predicted octanol–water partition coefficient (Wildman–Crippen LogP) is 1.84. The van der Waals surface area contributed by atoms with Gasteiger partial charge in [-0.2, -0.15) is 0 Å². The van der Waals surface area contributed by atoms with Crippen molar-refractivity contribution in [1.29, 1.82) is 0 Å². The van der Waals surface area contributed by atoms with Gasteiger partial charge in [0.25, 0.3) is 0 Å². The SMILES string of the molecule is CC(C)(C)OC(=O)N1C[C@H]2CC[C@@H](CN)[C@H]2C1. The Morgan fingerprint density at radius 1 is 1.35 bits per heavy atom. The van der Waals surface area contributed by atoms with E-state index in [1.54, 1.807) is 0 Å². The third-order valence-corrected chi connectivity index (χ3v) is 3.96. The monoisotopic (exact) mass is 240 g/mol. The molecule has 3 atom stereocenters. The molecule has 98 valence electrons. The molecule has 0 aromatic rings. The molecule has 4 nitrogen and oxygen atoms in total. The Hall–Kier alpha value is -0.770. The Bertz CT molecular complexity index is 298. The molecule has 1 heterocycles. The molecule has 2 aliphatic rings. The summed E-state index contributed by atoms with van der Waals surface area (Å²) >= 11 is 0. The number of amides is 1. The van der Waals surface area contributed by atoms with E-state index < -0.39 is 5.60 Å². The van der Waals surface area contributed by atoms with E-state index in [4.69, 9.17) is 10.5 Å². The molecule has 2 N–H and O–H groups in total. The fraction of sp³-hybridized carbons (Fsp3) is 0.923. The number of fused-ring (bicyclic) bond motifs is 1. The van der Waals surface area contributed by atoms with Gasteiger partial charge in [-0.1, -0.05) is 0 Å². The van der Waals surface area contributed by atoms with E-state index >= 15 is 0 Å². The highest BCUT2D eigenvalue weighted by atomic mass is 16.6. The van der Waals surface area contributed by atoms with Crippen LogP contribution in [0.2, 0.25) is 0 Å². The molecule has 0 spiro atoms. The van der Waals surface area contributed by atoms with Gasteiger partial charge in [-0.15, -0.1) is 0 Å². The molecule has 1 aliphatic carbocycles. The molecule has 2 fully saturated rings. The predicted molar refractivity (Wildman–Crippen MR) is 66.6 cm³/mol. The highest BCUT2D eigenvalue weighted by Gasteiger charge is 2.44. The topological polar surface area (TPSA) is 55.6 Å². The Kier molecular flexibility index (Phi) is 3.34. The molecular weight excluding hydrogens is 216 g/mol. The normalized spacial score (nSPS) is 32.7. The van der Waals surface area contributed by atoms with Crippen LogP contribution in [0, 0.1) is 17.8 Å². The molecule has 1 amide bonds. The number of nitrogens with two attached hydrogens (primary N) is 1. The third kappa shape index (κ3) is 2.73. The van der Waals surface area contributed by atoms with Crippen molar-refractivity contribution < 1.29 is 9.53 Å². The van der Waals surface area contributed by atoms with Gasteiger partial charge in [-0.05, 0) is 57.9 Å². The lowest BCUT2D eigenvalue weighted by molar-refractivity contribution is 0.0276. The van der Waals surface area contributed by atoms with Crippen LogP contribution in [0.15, 0.2) is 0 Å². The molecule has 0 aromatic heterocycles. The summed E-state index contributed by atoms with van der Waals surface area (Å²) in [5.74, 6) is 1.86. The summed E-state index contributed by atoms with van der Waals surface area (Å²) in [7, 11) is 0. The first-order valence-electron chi connectivity index (χ1n) is 6.58. The lowest BCUT2D eigenvalue weighted by Gasteiger charge is -2.25. The first kappa shape index (κ1) is 12.7. The molecule has 0 bridgehead atoms. The summed E-state index contributed by atoms with van der Waals surface area (Å²) in [5.41, 5.74) is 5.38. The molecular formula is C13H24N2O2. The van der Waals surface area contributed by atoms with Gasteiger partial charge < -0.3 is 15.4 Å². The number of carbonyl (C=O) groups is 1. The van der Waals surface area contributed by atoms with Crippen LogP contribution < -0.4 is 5.73 Å². The molecule has 1 saturated carbocycles. The lowest BCUT2D eigenvalue weighted by atomic mass is 9.93. The molecule has 0 radical (unpaired) electrons. The summed E-state index contributed by atoms with van der Waals surface area (Å²) in [6.45, 7) is 8.17. The number of rotatable bonds is 1. The van der Waals surface area contributed by atoms with E-state index in [2.05, 4.69) is 0 Å². The maximum absolute atomic E-state index is 12.0. The standard InChI is InChI=1S/C13H24N2O2/c1-13(2,3)17-12(16)15-7-10-5-4-9(6-14)11(10)8-15/h9-11H,4-8,14H2,1-3H3/t9-,10+,11+/m0/s1. The van der Waals surface area contributed by atoms with Gasteiger partial charge in [0, 0.05) is 13.1 Å². The van der Waals surface area contributed by atoms with Crippen LogP contribution >= 0.6 is 0 Å². The number of carbonyl (C=O) groups excluding carboxylic acids is 1. The van der Waals surface area contributed by atoms with Crippen molar-refractivity contribution in [2.45, 2.75) is 39.2 Å². The number of hydrogen-bond acceptors (Lipinski definition) is 3. The Labute approximate surface area is 103 Å². The van der Waals surface area contributed by atoms with E-state index in [0.717, 1.165) is 19.6 Å². The van der Waals surface area contributed by atoms with E-state index in [1.807, 2.05) is 25.7 Å². The molecule has 2 rings (SSSR count). The van der Waals surface area contributed by atoms with Crippen LogP contribution in [0.3, 0.4) is 0 Å². The van der Waals surface area contributed by atoms with E-state index in [1.165, 1.54) is 12.8 Å². The first-order chi connectivity index (χ1) is 7.90. The summed E-state index contributed by atoms with van der Waals surface area (Å²) in [5, 5.41) is 0. The average Bonchev–Trinajstić information content (AvgIpc) is 2.72. The quantitative estimate of drug-likeness (QED) is 0.761. The minimum atomic E-state index is -0.401. The average molecular weight is 240 g/mol. The second-order valence-electron chi connectivity index (χ2n) is 6.38. The van der Waals surface area contributed by atoms with Gasteiger partial charge in [-0.25, -0.2) is 4.79 Å². The fourth-order valence-electron chi connectivity index (χ4n) is 3.15. The van der Waals surface area contributed by atoms with Crippen LogP contribution in [0.1, 0.15) is 33.6 Å². The van der Waals surface area contributed by atoms with Gasteiger partial charge in [-0.3, -0.25) is 0 Å². The van der Waals surface area contributed by atoms with Gasteiger partial charge in [0.15, 0.2) is 0 Å². The van der Waals surface area contributed by atoms with E-state index in [0.29, 0.717) is 17.8 Å². The lowest BCUT2D eigenvalue weighted by Crippen LogP contribution is -2.36. The number of ether oxygens (including phenoxy) is 1. The van der Waals surface area contributed by atoms with Crippen molar-refractivity contribution in [2.75, 3.05) is 19.6 Å². The third-order valence-electron chi connectivity index (χ3n) is 3.96. The highest BCUT2D eigenvalue weighted by Crippen LogP contribution is 2.41. The number of likely N-dealkylation sites (tertiary alicyclic amines) is 1. The Morgan fingerprint density at radius 2 is 2.06 bits per heavy atom. The van der Waals surface area contributed by atoms with Gasteiger partial charge >= 0.3 is 6.09 Å². The summed E-state index contributed by atoms with van der Waals surface area (Å²) in [6, 6.07) is 0. The van der Waals surface area contributed by atoms with Crippen molar-refractivity contribution in [1.82, 2.24) is 4.90 Å². The second kappa shape index (κ2) is 4.48. The highest BCUT2D eigenvalue weighted by molar-refractivity contribution is 5.68. The number of hydrogen-bond donors (Lipinski definition) is 1. The first-order valence-corrected chi connectivity index (χ1v) is 6.58. The van der Waals surface area contributed by atoms with Gasteiger partial charge in [0.05, 0.1) is 0 Å². The van der Waals surface area contributed by atoms with Crippen molar-refractivity contribution in [2.24, 2.45) is 23.5 Å². The van der Waals surface area contributed by atoms with Crippen molar-refractivity contribution in [3.05, 3.63) is 0 Å². The molecule has 17 heavy (non-hydrogen) atoms. The molecule has 1 aliphatic heterocycles. The maximum atomic E-state index is 12.0. The largest absolute Gasteiger partial charge is 0.444 e. The van der Waals surface area contributed by atoms with Gasteiger partial charge in [0.2, 0.25) is 0 Å². The van der Waals surface area contributed by atoms with Crippen LogP contribution in [0.5, 0.6) is 0 Å². The zero-order chi connectivity index (χ0) is 12.6. The minimum absolute atomic E-state index is 0.164. The summed E-state index contributed by atoms with van der Waals surface area (Å²) < 4.78 is 5.41. The minimum Gasteiger partial charge on any atom is -0.444 e. The maximum Gasteiger partial charge on any atom is 0.410 e. The van der Waals surface area contributed by atoms with E-state index in [9.17, 15) is 4.79 Å². The zero-order valence-electron chi connectivity index (χ0n) is 11.1. The summed E-state index contributed by atoms with van der Waals surface area (Å²) in [6.07, 6.45) is 2.28. The molecule has 4 heteroatoms. The second-order valence-corrected chi connectivity index (χ2v) is 6.38. The molecule has 0 unspecified atom stereocenters. The Balaban J connectivity index is 1.92. The van der Waals surface area contributed by atoms with Gasteiger partial charge in [0.1, 0.15) is 5.60 Å². The van der Waals surface area contributed by atoms with Crippen LogP contribution in [-0.2, 0) is 4.74 Å². The van der Waals surface area contributed by atoms with Crippen LogP contribution in [0.25, 0.3) is 0 Å². The van der Waals surface area contributed by atoms with Crippen molar-refractivity contribution in [3.63, 3.8) is 0 Å². The van der Waals surface area contributed by atoms with Crippen molar-refractivity contribution >= 4 is 6.09 Å². The molecule has 0 aromatic carbocycles. The number of nitrogens with zero attached hydrogens (tertiary/aromatic N) is 1. The fourth-order valence-corrected chi connectivity index (χ4v) is 3.15. The smallest absolute Gasteiger partial charge is 0.410 e.